The molecule has 0 amide bonds. The van der Waals surface area contributed by atoms with E-state index in [1.165, 1.54) is 0 Å². The fraction of sp³-hybridized carbons (Fsp3) is 0.333. The molecule has 2 aromatic carbocycles. The third-order valence-electron chi connectivity index (χ3n) is 3.50. The molecule has 4 nitrogen and oxygen atoms in total. The van der Waals surface area contributed by atoms with Gasteiger partial charge in [0.25, 0.3) is 0 Å². The molecule has 5 heteroatoms. The van der Waals surface area contributed by atoms with Crippen molar-refractivity contribution in [3.8, 4) is 11.5 Å². The van der Waals surface area contributed by atoms with Gasteiger partial charge in [-0.1, -0.05) is 30.3 Å². The van der Waals surface area contributed by atoms with Crippen molar-refractivity contribution in [2.75, 3.05) is 6.61 Å². The summed E-state index contributed by atoms with van der Waals surface area (Å²) in [4.78, 5) is 0. The molecule has 0 heterocycles. The summed E-state index contributed by atoms with van der Waals surface area (Å²) in [6.45, 7) is 4.47. The van der Waals surface area contributed by atoms with Crippen LogP contribution in [0.3, 0.4) is 0 Å². The molecule has 0 radical (unpaired) electrons. The maximum absolute atomic E-state index is 10.3. The van der Waals surface area contributed by atoms with Crippen LogP contribution >= 0.6 is 12.4 Å². The van der Waals surface area contributed by atoms with Gasteiger partial charge in [0.15, 0.2) is 0 Å². The van der Waals surface area contributed by atoms with Crippen molar-refractivity contribution in [3.63, 3.8) is 0 Å². The Hall–Kier alpha value is -1.75. The summed E-state index contributed by atoms with van der Waals surface area (Å²) in [6, 6.07) is 16.2. The highest BCUT2D eigenvalue weighted by Gasteiger charge is 2.18. The lowest BCUT2D eigenvalue weighted by atomic mass is 10.0. The summed E-state index contributed by atoms with van der Waals surface area (Å²) in [5.41, 5.74) is 0.772. The number of hydrogen-bond donors (Lipinski definition) is 3. The van der Waals surface area contributed by atoms with Crippen LogP contribution in [0.1, 0.15) is 25.5 Å². The molecule has 0 aliphatic heterocycles. The van der Waals surface area contributed by atoms with Crippen LogP contribution < -0.4 is 10.1 Å². The van der Waals surface area contributed by atoms with Gasteiger partial charge in [-0.05, 0) is 43.7 Å². The molecule has 0 aliphatic rings. The summed E-state index contributed by atoms with van der Waals surface area (Å²) in [6.07, 6.45) is -0.639. The first-order valence-corrected chi connectivity index (χ1v) is 7.47. The molecule has 0 aromatic heterocycles. The van der Waals surface area contributed by atoms with Gasteiger partial charge in [-0.15, -0.1) is 12.4 Å². The van der Waals surface area contributed by atoms with E-state index in [4.69, 9.17) is 4.74 Å². The highest BCUT2D eigenvalue weighted by molar-refractivity contribution is 5.85. The zero-order valence-corrected chi connectivity index (χ0v) is 14.2. The minimum atomic E-state index is -0.639. The Labute approximate surface area is 143 Å². The first-order chi connectivity index (χ1) is 10.6. The molecule has 2 aromatic rings. The van der Waals surface area contributed by atoms with Gasteiger partial charge in [-0.3, -0.25) is 0 Å². The average molecular weight is 338 g/mol. The van der Waals surface area contributed by atoms with Crippen LogP contribution in [-0.4, -0.2) is 28.9 Å². The summed E-state index contributed by atoms with van der Waals surface area (Å²) in [5.74, 6) is 1.03. The number of halogens is 1. The van der Waals surface area contributed by atoms with Crippen molar-refractivity contribution < 1.29 is 14.9 Å². The fourth-order valence-corrected chi connectivity index (χ4v) is 2.29. The molecule has 3 N–H and O–H groups in total. The maximum atomic E-state index is 10.3. The van der Waals surface area contributed by atoms with Gasteiger partial charge in [-0.25, -0.2) is 0 Å². The molecule has 126 valence electrons. The Morgan fingerprint density at radius 1 is 1.00 bits per heavy atom. The van der Waals surface area contributed by atoms with Crippen LogP contribution in [0.4, 0.5) is 0 Å². The lowest BCUT2D eigenvalue weighted by Crippen LogP contribution is -2.41. The highest BCUT2D eigenvalue weighted by atomic mass is 35.5. The molecular formula is C18H24ClNO3. The van der Waals surface area contributed by atoms with E-state index < -0.39 is 6.10 Å². The predicted octanol–water partition coefficient (Wildman–Crippen LogP) is 3.29. The number of ether oxygens (including phenoxy) is 1. The molecule has 0 spiro atoms. The molecule has 0 bridgehead atoms. The third kappa shape index (κ3) is 6.10. The average Bonchev–Trinajstić information content (AvgIpc) is 2.54. The van der Waals surface area contributed by atoms with E-state index in [2.05, 4.69) is 5.32 Å². The first kappa shape index (κ1) is 19.3. The Kier molecular flexibility index (Phi) is 7.89. The van der Waals surface area contributed by atoms with E-state index in [1.807, 2.05) is 44.2 Å². The monoisotopic (exact) mass is 337 g/mol. The number of rotatable bonds is 7. The normalized spacial score (nSPS) is 14.4. The van der Waals surface area contributed by atoms with Crippen LogP contribution in [0.2, 0.25) is 0 Å². The molecule has 0 saturated carbocycles. The summed E-state index contributed by atoms with van der Waals surface area (Å²) >= 11 is 0. The van der Waals surface area contributed by atoms with E-state index in [0.29, 0.717) is 6.61 Å². The summed E-state index contributed by atoms with van der Waals surface area (Å²) < 4.78 is 5.69. The number of aromatic hydroxyl groups is 1. The van der Waals surface area contributed by atoms with E-state index in [1.54, 1.807) is 24.3 Å². The third-order valence-corrected chi connectivity index (χ3v) is 3.50. The minimum absolute atomic E-state index is 0. The number of aliphatic hydroxyl groups excluding tert-OH is 1. The van der Waals surface area contributed by atoms with Crippen molar-refractivity contribution in [3.05, 3.63) is 60.2 Å². The van der Waals surface area contributed by atoms with Gasteiger partial charge in [-0.2, -0.15) is 0 Å². The largest absolute Gasteiger partial charge is 0.508 e. The number of phenols is 1. The number of benzene rings is 2. The number of phenolic OH excluding ortho intramolecular Hbond substituents is 1. The smallest absolute Gasteiger partial charge is 0.119 e. The first-order valence-electron chi connectivity index (χ1n) is 7.47. The highest BCUT2D eigenvalue weighted by Crippen LogP contribution is 2.20. The second-order valence-corrected chi connectivity index (χ2v) is 5.52. The van der Waals surface area contributed by atoms with Crippen LogP contribution in [0, 0.1) is 0 Å². The molecule has 1 unspecified atom stereocenters. The van der Waals surface area contributed by atoms with Crippen LogP contribution in [0.15, 0.2) is 54.6 Å². The van der Waals surface area contributed by atoms with Gasteiger partial charge in [0.2, 0.25) is 0 Å². The second kappa shape index (κ2) is 9.40. The molecule has 3 atom stereocenters. The molecule has 2 rings (SSSR count). The number of hydrogen-bond acceptors (Lipinski definition) is 4. The van der Waals surface area contributed by atoms with Gasteiger partial charge < -0.3 is 20.3 Å². The number of aliphatic hydroxyl groups is 1. The van der Waals surface area contributed by atoms with E-state index in [-0.39, 0.29) is 30.2 Å². The fourth-order valence-electron chi connectivity index (χ4n) is 2.29. The quantitative estimate of drug-likeness (QED) is 0.725. The molecule has 23 heavy (non-hydrogen) atoms. The van der Waals surface area contributed by atoms with Crippen LogP contribution in [0.25, 0.3) is 0 Å². The standard InChI is InChI=1S/C18H23NO3.ClH/c1-13(12-22-17-6-4-3-5-7-17)19-14(2)18(21)15-8-10-16(20)11-9-15;/h3-11,13-14,18-21H,12H2,1-2H3;1H/t13?,14-,18+;/m1./s1. The number of nitrogens with one attached hydrogen (secondary N) is 1. The molecule has 0 aliphatic carbocycles. The van der Waals surface area contributed by atoms with Crippen LogP contribution in [-0.2, 0) is 0 Å². The number of para-hydroxylation sites is 1. The van der Waals surface area contributed by atoms with Crippen molar-refractivity contribution in [1.29, 1.82) is 0 Å². The van der Waals surface area contributed by atoms with Gasteiger partial charge in [0, 0.05) is 12.1 Å². The van der Waals surface area contributed by atoms with Gasteiger partial charge in [0.1, 0.15) is 18.1 Å². The maximum Gasteiger partial charge on any atom is 0.119 e. The summed E-state index contributed by atoms with van der Waals surface area (Å²) in [5, 5.41) is 22.9. The topological polar surface area (TPSA) is 61.7 Å². The van der Waals surface area contributed by atoms with Crippen molar-refractivity contribution in [1.82, 2.24) is 5.32 Å². The predicted molar refractivity (Wildman–Crippen MR) is 94.3 cm³/mol. The lowest BCUT2D eigenvalue weighted by Gasteiger charge is -2.25. The minimum Gasteiger partial charge on any atom is -0.508 e. The second-order valence-electron chi connectivity index (χ2n) is 5.52. The zero-order valence-electron chi connectivity index (χ0n) is 13.3. The van der Waals surface area contributed by atoms with Crippen LogP contribution in [0.5, 0.6) is 11.5 Å². The van der Waals surface area contributed by atoms with Crippen molar-refractivity contribution in [2.24, 2.45) is 0 Å². The van der Waals surface area contributed by atoms with Gasteiger partial charge >= 0.3 is 0 Å². The Morgan fingerprint density at radius 2 is 1.61 bits per heavy atom. The Bertz CT molecular complexity index is 562. The van der Waals surface area contributed by atoms with Gasteiger partial charge in [0.05, 0.1) is 6.10 Å². The molecule has 0 saturated heterocycles. The summed E-state index contributed by atoms with van der Waals surface area (Å²) in [7, 11) is 0. The van der Waals surface area contributed by atoms with Crippen molar-refractivity contribution >= 4 is 12.4 Å². The van der Waals surface area contributed by atoms with E-state index in [0.717, 1.165) is 11.3 Å². The SMILES string of the molecule is CC(COc1ccccc1)N[C@H](C)[C@H](O)c1ccc(O)cc1.Cl. The Balaban J connectivity index is 0.00000264. The molecule has 0 fully saturated rings. The van der Waals surface area contributed by atoms with Crippen molar-refractivity contribution in [2.45, 2.75) is 32.0 Å². The van der Waals surface area contributed by atoms with E-state index >= 15 is 0 Å². The zero-order chi connectivity index (χ0) is 15.9. The molecular weight excluding hydrogens is 314 g/mol. The Morgan fingerprint density at radius 3 is 2.22 bits per heavy atom. The lowest BCUT2D eigenvalue weighted by molar-refractivity contribution is 0.124. The van der Waals surface area contributed by atoms with E-state index in [9.17, 15) is 10.2 Å².